The minimum absolute atomic E-state index is 0.148. The van der Waals surface area contributed by atoms with Crippen molar-refractivity contribution in [3.8, 4) is 5.75 Å². The largest absolute Gasteiger partial charge is 0.486 e. The van der Waals surface area contributed by atoms with Crippen molar-refractivity contribution in [2.24, 2.45) is 4.99 Å². The highest BCUT2D eigenvalue weighted by atomic mass is 32.1. The van der Waals surface area contributed by atoms with Crippen LogP contribution in [-0.4, -0.2) is 30.3 Å². The van der Waals surface area contributed by atoms with Gasteiger partial charge in [-0.3, -0.25) is 9.78 Å². The molecule has 0 fully saturated rings. The molecule has 0 saturated heterocycles. The molecule has 0 amide bonds. The summed E-state index contributed by atoms with van der Waals surface area (Å²) in [7, 11) is 0. The molecule has 0 saturated carbocycles. The number of aryl methyl sites for hydroxylation is 1. The zero-order valence-electron chi connectivity index (χ0n) is 17.1. The van der Waals surface area contributed by atoms with Crippen LogP contribution < -0.4 is 9.54 Å². The second-order valence-electron chi connectivity index (χ2n) is 7.00. The van der Waals surface area contributed by atoms with E-state index in [1.807, 2.05) is 61.5 Å². The van der Waals surface area contributed by atoms with E-state index < -0.39 is 0 Å². The standard InChI is InChI=1S/C23H18N6O2S/c1-16-7-9-19(10-8-16)31-15-20-26-27-23-28(20)29(21(30)17-11-13-24-14-12-17)22(32-23)25-18-5-3-2-4-6-18/h2-14H,15H2,1H3. The quantitative estimate of drug-likeness (QED) is 0.413. The van der Waals surface area contributed by atoms with Gasteiger partial charge in [0.25, 0.3) is 5.91 Å². The monoisotopic (exact) mass is 442 g/mol. The molecule has 32 heavy (non-hydrogen) atoms. The molecule has 0 aliphatic heterocycles. The highest BCUT2D eigenvalue weighted by molar-refractivity contribution is 7.14. The topological polar surface area (TPSA) is 86.7 Å². The summed E-state index contributed by atoms with van der Waals surface area (Å²) in [6.45, 7) is 2.16. The van der Waals surface area contributed by atoms with Gasteiger partial charge in [-0.1, -0.05) is 47.2 Å². The highest BCUT2D eigenvalue weighted by Gasteiger charge is 2.20. The maximum atomic E-state index is 13.5. The average Bonchev–Trinajstić information content (AvgIpc) is 3.38. The minimum atomic E-state index is -0.260. The van der Waals surface area contributed by atoms with Crippen molar-refractivity contribution in [2.75, 3.05) is 0 Å². The first-order chi connectivity index (χ1) is 15.7. The number of para-hydroxylation sites is 1. The third-order valence-electron chi connectivity index (χ3n) is 4.73. The average molecular weight is 443 g/mol. The van der Waals surface area contributed by atoms with Gasteiger partial charge in [-0.25, -0.2) is 4.99 Å². The fourth-order valence-corrected chi connectivity index (χ4v) is 4.04. The Balaban J connectivity index is 1.61. The predicted octanol–water partition coefficient (Wildman–Crippen LogP) is 3.80. The molecule has 0 spiro atoms. The van der Waals surface area contributed by atoms with Crippen molar-refractivity contribution in [3.05, 3.63) is 101 Å². The van der Waals surface area contributed by atoms with Gasteiger partial charge in [0.2, 0.25) is 9.76 Å². The first-order valence-corrected chi connectivity index (χ1v) is 10.7. The van der Waals surface area contributed by atoms with Gasteiger partial charge < -0.3 is 4.74 Å². The summed E-state index contributed by atoms with van der Waals surface area (Å²) >= 11 is 1.28. The minimum Gasteiger partial charge on any atom is -0.486 e. The molecule has 0 atom stereocenters. The lowest BCUT2D eigenvalue weighted by Crippen LogP contribution is -2.29. The normalized spacial score (nSPS) is 11.7. The third-order valence-corrected chi connectivity index (χ3v) is 5.61. The Morgan fingerprint density at radius 1 is 1.00 bits per heavy atom. The number of nitrogens with zero attached hydrogens (tertiary/aromatic N) is 6. The van der Waals surface area contributed by atoms with E-state index in [0.717, 1.165) is 11.3 Å². The molecule has 2 aromatic carbocycles. The lowest BCUT2D eigenvalue weighted by atomic mass is 10.2. The van der Waals surface area contributed by atoms with Crippen molar-refractivity contribution in [1.29, 1.82) is 0 Å². The van der Waals surface area contributed by atoms with E-state index in [2.05, 4.69) is 20.2 Å². The van der Waals surface area contributed by atoms with Crippen LogP contribution >= 0.6 is 11.3 Å². The number of hydrogen-bond acceptors (Lipinski definition) is 7. The highest BCUT2D eigenvalue weighted by Crippen LogP contribution is 2.16. The Bertz CT molecular complexity index is 1440. The van der Waals surface area contributed by atoms with E-state index in [1.54, 1.807) is 29.0 Å². The van der Waals surface area contributed by atoms with E-state index in [4.69, 9.17) is 4.74 Å². The molecule has 3 aromatic heterocycles. The summed E-state index contributed by atoms with van der Waals surface area (Å²) < 4.78 is 9.04. The van der Waals surface area contributed by atoms with E-state index >= 15 is 0 Å². The van der Waals surface area contributed by atoms with Gasteiger partial charge in [-0.05, 0) is 43.3 Å². The Hall–Kier alpha value is -4.11. The molecule has 0 aliphatic rings. The van der Waals surface area contributed by atoms with Crippen LogP contribution in [0.3, 0.4) is 0 Å². The summed E-state index contributed by atoms with van der Waals surface area (Å²) in [5, 5.41) is 8.49. The number of hydrogen-bond donors (Lipinski definition) is 0. The molecule has 5 rings (SSSR count). The molecule has 0 radical (unpaired) electrons. The van der Waals surface area contributed by atoms with Crippen molar-refractivity contribution in [1.82, 2.24) is 24.4 Å². The van der Waals surface area contributed by atoms with Crippen LogP contribution in [0.4, 0.5) is 5.69 Å². The SMILES string of the molecule is Cc1ccc(OCc2nnc3sc(=Nc4ccccc4)n(C(=O)c4ccncc4)n23)cc1. The fourth-order valence-electron chi connectivity index (χ4n) is 3.12. The van der Waals surface area contributed by atoms with Crippen LogP contribution in [0.1, 0.15) is 21.7 Å². The van der Waals surface area contributed by atoms with Crippen molar-refractivity contribution >= 4 is 27.9 Å². The van der Waals surface area contributed by atoms with Gasteiger partial charge in [-0.2, -0.15) is 9.20 Å². The van der Waals surface area contributed by atoms with Gasteiger partial charge in [0.15, 0.2) is 5.82 Å². The second-order valence-corrected chi connectivity index (χ2v) is 7.93. The number of ether oxygens (including phenoxy) is 1. The van der Waals surface area contributed by atoms with E-state index in [-0.39, 0.29) is 12.5 Å². The van der Waals surface area contributed by atoms with Crippen LogP contribution in [-0.2, 0) is 6.61 Å². The Labute approximate surface area is 187 Å². The summed E-state index contributed by atoms with van der Waals surface area (Å²) in [6, 6.07) is 20.5. The van der Waals surface area contributed by atoms with E-state index in [9.17, 15) is 4.79 Å². The van der Waals surface area contributed by atoms with Gasteiger partial charge in [0, 0.05) is 18.0 Å². The van der Waals surface area contributed by atoms with E-state index in [0.29, 0.717) is 26.9 Å². The number of fused-ring (bicyclic) bond motifs is 1. The van der Waals surface area contributed by atoms with Gasteiger partial charge in [-0.15, -0.1) is 10.2 Å². The van der Waals surface area contributed by atoms with Gasteiger partial charge in [0.1, 0.15) is 12.4 Å². The number of pyridine rings is 1. The third kappa shape index (κ3) is 3.93. The zero-order chi connectivity index (χ0) is 21.9. The number of benzene rings is 2. The summed E-state index contributed by atoms with van der Waals surface area (Å²) in [5.41, 5.74) is 2.36. The first kappa shape index (κ1) is 19.8. The van der Waals surface area contributed by atoms with Gasteiger partial charge >= 0.3 is 0 Å². The zero-order valence-corrected chi connectivity index (χ0v) is 17.9. The van der Waals surface area contributed by atoms with Crippen molar-refractivity contribution in [2.45, 2.75) is 13.5 Å². The number of rotatable bonds is 5. The molecule has 0 N–H and O–H groups in total. The molecular weight excluding hydrogens is 424 g/mol. The molecule has 9 heteroatoms. The molecule has 0 unspecified atom stereocenters. The molecule has 5 aromatic rings. The van der Waals surface area contributed by atoms with Crippen molar-refractivity contribution < 1.29 is 9.53 Å². The van der Waals surface area contributed by atoms with Crippen LogP contribution in [0.15, 0.2) is 84.1 Å². The Morgan fingerprint density at radius 2 is 1.75 bits per heavy atom. The number of carbonyl (C=O) groups excluding carboxylic acids is 1. The Kier molecular flexibility index (Phi) is 5.30. The first-order valence-electron chi connectivity index (χ1n) is 9.89. The van der Waals surface area contributed by atoms with Crippen LogP contribution in [0.2, 0.25) is 0 Å². The molecule has 3 heterocycles. The smallest absolute Gasteiger partial charge is 0.279 e. The summed E-state index contributed by atoms with van der Waals surface area (Å²) in [6.07, 6.45) is 3.16. The van der Waals surface area contributed by atoms with Gasteiger partial charge in [0.05, 0.1) is 5.69 Å². The molecule has 8 nitrogen and oxygen atoms in total. The van der Waals surface area contributed by atoms with Crippen molar-refractivity contribution in [3.63, 3.8) is 0 Å². The van der Waals surface area contributed by atoms with Crippen LogP contribution in [0.5, 0.6) is 5.75 Å². The summed E-state index contributed by atoms with van der Waals surface area (Å²) in [5.74, 6) is 0.947. The van der Waals surface area contributed by atoms with Crippen LogP contribution in [0, 0.1) is 6.92 Å². The fraction of sp³-hybridized carbons (Fsp3) is 0.0870. The van der Waals surface area contributed by atoms with E-state index in [1.165, 1.54) is 16.0 Å². The lowest BCUT2D eigenvalue weighted by Gasteiger charge is -2.08. The lowest BCUT2D eigenvalue weighted by molar-refractivity contribution is 0.0933. The molecule has 0 bridgehead atoms. The maximum Gasteiger partial charge on any atom is 0.279 e. The Morgan fingerprint density at radius 3 is 2.50 bits per heavy atom. The predicted molar refractivity (Wildman–Crippen MR) is 120 cm³/mol. The molecular formula is C23H18N6O2S. The molecule has 158 valence electrons. The maximum absolute atomic E-state index is 13.5. The summed E-state index contributed by atoms with van der Waals surface area (Å²) in [4.78, 5) is 23.2. The molecule has 0 aliphatic carbocycles. The number of aromatic nitrogens is 5. The van der Waals surface area contributed by atoms with Crippen LogP contribution in [0.25, 0.3) is 4.96 Å². The second kappa shape index (κ2) is 8.56. The number of carbonyl (C=O) groups is 1.